The molecule has 1 aliphatic rings. The first-order chi connectivity index (χ1) is 7.25. The Hall–Kier alpha value is -0.870. The molecule has 1 N–H and O–H groups in total. The first kappa shape index (κ1) is 10.6. The number of nitrogens with one attached hydrogen (secondary N) is 1. The van der Waals surface area contributed by atoms with Gasteiger partial charge < -0.3 is 10.1 Å². The smallest absolute Gasteiger partial charge is 0.224 e. The highest BCUT2D eigenvalue weighted by molar-refractivity contribution is 6.28. The largest absolute Gasteiger partial charge is 0.381 e. The van der Waals surface area contributed by atoms with Crippen LogP contribution in [0.1, 0.15) is 13.3 Å². The summed E-state index contributed by atoms with van der Waals surface area (Å²) in [5.74, 6) is 1.28. The summed E-state index contributed by atoms with van der Waals surface area (Å²) < 4.78 is 5.37. The quantitative estimate of drug-likeness (QED) is 0.785. The molecule has 1 saturated heterocycles. The van der Waals surface area contributed by atoms with Gasteiger partial charge in [-0.3, -0.25) is 0 Å². The molecule has 15 heavy (non-hydrogen) atoms. The van der Waals surface area contributed by atoms with Crippen LogP contribution in [0.25, 0.3) is 0 Å². The van der Waals surface area contributed by atoms with E-state index < -0.39 is 0 Å². The molecule has 5 heteroatoms. The van der Waals surface area contributed by atoms with E-state index in [0.29, 0.717) is 12.0 Å². The van der Waals surface area contributed by atoms with Crippen molar-refractivity contribution >= 4 is 17.4 Å². The first-order valence-corrected chi connectivity index (χ1v) is 5.46. The van der Waals surface area contributed by atoms with Crippen LogP contribution < -0.4 is 5.32 Å². The van der Waals surface area contributed by atoms with Crippen LogP contribution in [0.3, 0.4) is 0 Å². The van der Waals surface area contributed by atoms with Crippen LogP contribution in [0.4, 0.5) is 5.82 Å². The maximum atomic E-state index is 5.71. The van der Waals surface area contributed by atoms with Gasteiger partial charge in [0.25, 0.3) is 0 Å². The molecule has 0 aromatic carbocycles. The van der Waals surface area contributed by atoms with Crippen LogP contribution >= 0.6 is 11.6 Å². The Bertz CT molecular complexity index is 334. The third-order valence-electron chi connectivity index (χ3n) is 2.60. The minimum Gasteiger partial charge on any atom is -0.381 e. The van der Waals surface area contributed by atoms with Crippen molar-refractivity contribution in [1.29, 1.82) is 0 Å². The van der Waals surface area contributed by atoms with E-state index in [0.717, 1.165) is 25.5 Å². The van der Waals surface area contributed by atoms with Gasteiger partial charge in [-0.1, -0.05) is 6.92 Å². The molecule has 4 nitrogen and oxygen atoms in total. The van der Waals surface area contributed by atoms with Crippen molar-refractivity contribution in [3.63, 3.8) is 0 Å². The minimum atomic E-state index is 0.278. The summed E-state index contributed by atoms with van der Waals surface area (Å²) in [4.78, 5) is 7.95. The van der Waals surface area contributed by atoms with Crippen molar-refractivity contribution < 1.29 is 4.74 Å². The predicted molar refractivity (Wildman–Crippen MR) is 59.1 cm³/mol. The number of hydrogen-bond donors (Lipinski definition) is 1. The lowest BCUT2D eigenvalue weighted by Crippen LogP contribution is -2.36. The van der Waals surface area contributed by atoms with Gasteiger partial charge in [0.2, 0.25) is 5.28 Å². The number of anilines is 1. The molecule has 1 aliphatic heterocycles. The van der Waals surface area contributed by atoms with Crippen molar-refractivity contribution in [2.75, 3.05) is 18.5 Å². The van der Waals surface area contributed by atoms with Crippen molar-refractivity contribution in [3.05, 3.63) is 17.5 Å². The maximum absolute atomic E-state index is 5.71. The average molecular weight is 228 g/mol. The van der Waals surface area contributed by atoms with Gasteiger partial charge in [0.15, 0.2) is 0 Å². The van der Waals surface area contributed by atoms with Gasteiger partial charge in [-0.2, -0.15) is 0 Å². The van der Waals surface area contributed by atoms with E-state index in [4.69, 9.17) is 16.3 Å². The van der Waals surface area contributed by atoms with Crippen molar-refractivity contribution in [2.24, 2.45) is 5.92 Å². The third kappa shape index (κ3) is 2.79. The summed E-state index contributed by atoms with van der Waals surface area (Å²) in [5.41, 5.74) is 0. The summed E-state index contributed by atoms with van der Waals surface area (Å²) in [6.07, 6.45) is 2.66. The van der Waals surface area contributed by atoms with Crippen molar-refractivity contribution in [3.8, 4) is 0 Å². The topological polar surface area (TPSA) is 47.0 Å². The molecule has 0 spiro atoms. The summed E-state index contributed by atoms with van der Waals surface area (Å²) in [6, 6.07) is 2.23. The van der Waals surface area contributed by atoms with Crippen molar-refractivity contribution in [2.45, 2.75) is 19.4 Å². The standard InChI is InChI=1S/C10H14ClN3O/c1-7-6-15-5-3-8(7)13-9-2-4-12-10(11)14-9/h2,4,7-8H,3,5-6H2,1H3,(H,12,13,14). The lowest BCUT2D eigenvalue weighted by Gasteiger charge is -2.29. The number of aromatic nitrogens is 2. The fourth-order valence-corrected chi connectivity index (χ4v) is 1.85. The molecule has 1 fully saturated rings. The number of hydrogen-bond acceptors (Lipinski definition) is 4. The van der Waals surface area contributed by atoms with Crippen LogP contribution in [0.2, 0.25) is 5.28 Å². The summed E-state index contributed by atoms with van der Waals surface area (Å²) in [7, 11) is 0. The zero-order valence-electron chi connectivity index (χ0n) is 8.61. The molecule has 1 aromatic heterocycles. The molecule has 82 valence electrons. The molecule has 2 heterocycles. The van der Waals surface area contributed by atoms with E-state index >= 15 is 0 Å². The molecule has 2 rings (SSSR count). The van der Waals surface area contributed by atoms with Gasteiger partial charge in [-0.05, 0) is 30.0 Å². The van der Waals surface area contributed by atoms with Crippen LogP contribution in [0.15, 0.2) is 12.3 Å². The lowest BCUT2D eigenvalue weighted by molar-refractivity contribution is 0.0537. The van der Waals surface area contributed by atoms with Gasteiger partial charge in [-0.25, -0.2) is 9.97 Å². The monoisotopic (exact) mass is 227 g/mol. The summed E-state index contributed by atoms with van der Waals surface area (Å²) in [6.45, 7) is 3.77. The van der Waals surface area contributed by atoms with Crippen molar-refractivity contribution in [1.82, 2.24) is 9.97 Å². The van der Waals surface area contributed by atoms with E-state index in [9.17, 15) is 0 Å². The molecule has 0 amide bonds. The van der Waals surface area contributed by atoms with Gasteiger partial charge in [0, 0.05) is 18.8 Å². The van der Waals surface area contributed by atoms with Gasteiger partial charge in [-0.15, -0.1) is 0 Å². The normalized spacial score (nSPS) is 26.3. The van der Waals surface area contributed by atoms with E-state index in [1.807, 2.05) is 6.07 Å². The van der Waals surface area contributed by atoms with Gasteiger partial charge in [0.1, 0.15) is 5.82 Å². The number of rotatable bonds is 2. The van der Waals surface area contributed by atoms with E-state index in [1.165, 1.54) is 0 Å². The molecule has 1 aromatic rings. The van der Waals surface area contributed by atoms with E-state index in [-0.39, 0.29) is 5.28 Å². The SMILES string of the molecule is CC1COCCC1Nc1ccnc(Cl)n1. The summed E-state index contributed by atoms with van der Waals surface area (Å²) in [5, 5.41) is 3.63. The number of ether oxygens (including phenoxy) is 1. The Balaban J connectivity index is 2.01. The Morgan fingerprint density at radius 3 is 3.20 bits per heavy atom. The van der Waals surface area contributed by atoms with Gasteiger partial charge in [0.05, 0.1) is 6.61 Å². The molecule has 0 radical (unpaired) electrons. The number of nitrogens with zero attached hydrogens (tertiary/aromatic N) is 2. The summed E-state index contributed by atoms with van der Waals surface area (Å²) >= 11 is 5.71. The second-order valence-electron chi connectivity index (χ2n) is 3.80. The molecule has 2 atom stereocenters. The Morgan fingerprint density at radius 2 is 2.47 bits per heavy atom. The van der Waals surface area contributed by atoms with Crippen LogP contribution in [0, 0.1) is 5.92 Å². The lowest BCUT2D eigenvalue weighted by atomic mass is 9.98. The predicted octanol–water partition coefficient (Wildman–Crippen LogP) is 1.97. The minimum absolute atomic E-state index is 0.278. The average Bonchev–Trinajstić information content (AvgIpc) is 2.22. The molecule has 0 aliphatic carbocycles. The van der Waals surface area contributed by atoms with E-state index in [1.54, 1.807) is 6.20 Å². The zero-order chi connectivity index (χ0) is 10.7. The Labute approximate surface area is 94.0 Å². The maximum Gasteiger partial charge on any atom is 0.224 e. The molecular weight excluding hydrogens is 214 g/mol. The molecule has 2 unspecified atom stereocenters. The Morgan fingerprint density at radius 1 is 1.60 bits per heavy atom. The highest BCUT2D eigenvalue weighted by Gasteiger charge is 2.21. The molecule has 0 saturated carbocycles. The highest BCUT2D eigenvalue weighted by Crippen LogP contribution is 2.18. The Kier molecular flexibility index (Phi) is 3.38. The first-order valence-electron chi connectivity index (χ1n) is 5.08. The fraction of sp³-hybridized carbons (Fsp3) is 0.600. The molecular formula is C10H14ClN3O. The van der Waals surface area contributed by atoms with E-state index in [2.05, 4.69) is 22.2 Å². The second kappa shape index (κ2) is 4.77. The fourth-order valence-electron chi connectivity index (χ4n) is 1.70. The van der Waals surface area contributed by atoms with Gasteiger partial charge >= 0.3 is 0 Å². The second-order valence-corrected chi connectivity index (χ2v) is 4.14. The van der Waals surface area contributed by atoms with Crippen LogP contribution in [0.5, 0.6) is 0 Å². The zero-order valence-corrected chi connectivity index (χ0v) is 9.37. The van der Waals surface area contributed by atoms with Crippen LogP contribution in [-0.4, -0.2) is 29.2 Å². The van der Waals surface area contributed by atoms with Crippen LogP contribution in [-0.2, 0) is 4.74 Å². The highest BCUT2D eigenvalue weighted by atomic mass is 35.5. The number of halogens is 1. The molecule has 0 bridgehead atoms. The third-order valence-corrected chi connectivity index (χ3v) is 2.78.